The Balaban J connectivity index is 1.36. The van der Waals surface area contributed by atoms with E-state index in [9.17, 15) is 4.79 Å². The van der Waals surface area contributed by atoms with E-state index >= 15 is 0 Å². The fourth-order valence-electron chi connectivity index (χ4n) is 4.52. The molecule has 1 atom stereocenters. The Morgan fingerprint density at radius 1 is 1.10 bits per heavy atom. The normalized spacial score (nSPS) is 20.6. The van der Waals surface area contributed by atoms with E-state index in [-0.39, 0.29) is 5.91 Å². The van der Waals surface area contributed by atoms with Crippen molar-refractivity contribution in [3.05, 3.63) is 12.4 Å². The third kappa shape index (κ3) is 7.74. The third-order valence-corrected chi connectivity index (χ3v) is 6.28. The minimum atomic E-state index is 0.204. The summed E-state index contributed by atoms with van der Waals surface area (Å²) in [7, 11) is 0. The summed E-state index contributed by atoms with van der Waals surface area (Å²) in [5.41, 5.74) is 0. The van der Waals surface area contributed by atoms with Crippen molar-refractivity contribution >= 4 is 17.5 Å². The Bertz CT molecular complexity index is 632. The monoisotopic (exact) mass is 416 g/mol. The van der Waals surface area contributed by atoms with E-state index in [4.69, 9.17) is 0 Å². The fraction of sp³-hybridized carbons (Fsp3) is 0.783. The summed E-state index contributed by atoms with van der Waals surface area (Å²) in [6, 6.07) is 2.05. The maximum absolute atomic E-state index is 12.3. The largest absolute Gasteiger partial charge is 0.370 e. The number of nitrogens with one attached hydrogen (secondary N) is 2. The molecule has 1 aromatic heterocycles. The number of amides is 1. The summed E-state index contributed by atoms with van der Waals surface area (Å²) in [5.74, 6) is 2.65. The van der Waals surface area contributed by atoms with E-state index in [0.29, 0.717) is 12.3 Å². The Kier molecular flexibility index (Phi) is 9.67. The highest BCUT2D eigenvalue weighted by Gasteiger charge is 2.22. The molecule has 3 rings (SSSR count). The van der Waals surface area contributed by atoms with Gasteiger partial charge in [-0.15, -0.1) is 0 Å². The highest BCUT2D eigenvalue weighted by Crippen LogP contribution is 2.25. The van der Waals surface area contributed by atoms with E-state index in [0.717, 1.165) is 63.6 Å². The summed E-state index contributed by atoms with van der Waals surface area (Å²) in [5, 5.41) is 6.47. The lowest BCUT2D eigenvalue weighted by Crippen LogP contribution is -2.37. The van der Waals surface area contributed by atoms with Crippen LogP contribution in [-0.2, 0) is 4.79 Å². The van der Waals surface area contributed by atoms with Crippen molar-refractivity contribution in [3.8, 4) is 0 Å². The zero-order valence-corrected chi connectivity index (χ0v) is 18.7. The minimum Gasteiger partial charge on any atom is -0.370 e. The number of carbonyl (C=O) groups excluding carboxylic acids is 1. The standard InChI is InChI=1S/C23H40N6O/c1-2-11-24-21-17-22(27-19-26-21)29-15-7-8-20(18-29)9-10-23(30)25-12-16-28-13-5-3-4-6-14-28/h17,19-20H,2-16,18H2,1H3,(H,25,30)(H,24,26,27). The number of nitrogens with zero attached hydrogens (tertiary/aromatic N) is 4. The van der Waals surface area contributed by atoms with Crippen molar-refractivity contribution in [2.24, 2.45) is 5.92 Å². The molecule has 3 heterocycles. The molecule has 30 heavy (non-hydrogen) atoms. The van der Waals surface area contributed by atoms with Crippen LogP contribution in [0.15, 0.2) is 12.4 Å². The molecule has 7 nitrogen and oxygen atoms in total. The lowest BCUT2D eigenvalue weighted by atomic mass is 9.93. The number of aromatic nitrogens is 2. The summed E-state index contributed by atoms with van der Waals surface area (Å²) in [6.07, 6.45) is 12.0. The summed E-state index contributed by atoms with van der Waals surface area (Å²) in [6.45, 7) is 9.23. The van der Waals surface area contributed by atoms with Gasteiger partial charge in [0.2, 0.25) is 5.91 Å². The van der Waals surface area contributed by atoms with Gasteiger partial charge in [-0.1, -0.05) is 19.8 Å². The first kappa shape index (κ1) is 22.8. The van der Waals surface area contributed by atoms with Gasteiger partial charge in [-0.25, -0.2) is 9.97 Å². The molecule has 168 valence electrons. The highest BCUT2D eigenvalue weighted by atomic mass is 16.1. The van der Waals surface area contributed by atoms with Crippen LogP contribution in [0.2, 0.25) is 0 Å². The van der Waals surface area contributed by atoms with Gasteiger partial charge in [-0.05, 0) is 57.5 Å². The van der Waals surface area contributed by atoms with E-state index in [2.05, 4.69) is 37.3 Å². The lowest BCUT2D eigenvalue weighted by molar-refractivity contribution is -0.121. The van der Waals surface area contributed by atoms with E-state index < -0.39 is 0 Å². The van der Waals surface area contributed by atoms with E-state index in [1.807, 2.05) is 6.07 Å². The van der Waals surface area contributed by atoms with Crippen molar-refractivity contribution in [2.75, 3.05) is 56.0 Å². The molecule has 2 fully saturated rings. The number of hydrogen-bond acceptors (Lipinski definition) is 6. The lowest BCUT2D eigenvalue weighted by Gasteiger charge is -2.33. The number of rotatable bonds is 10. The molecule has 7 heteroatoms. The van der Waals surface area contributed by atoms with Gasteiger partial charge in [0.25, 0.3) is 0 Å². The molecule has 0 saturated carbocycles. The van der Waals surface area contributed by atoms with Gasteiger partial charge >= 0.3 is 0 Å². The van der Waals surface area contributed by atoms with E-state index in [1.165, 1.54) is 45.2 Å². The van der Waals surface area contributed by atoms with Crippen LogP contribution in [0.3, 0.4) is 0 Å². The smallest absolute Gasteiger partial charge is 0.220 e. The molecule has 2 N–H and O–H groups in total. The quantitative estimate of drug-likeness (QED) is 0.610. The second-order valence-corrected chi connectivity index (χ2v) is 8.79. The molecule has 0 radical (unpaired) electrons. The van der Waals surface area contributed by atoms with Crippen molar-refractivity contribution < 1.29 is 4.79 Å². The molecule has 2 saturated heterocycles. The summed E-state index contributed by atoms with van der Waals surface area (Å²) in [4.78, 5) is 26.0. The number of piperidine rings is 1. The molecular weight excluding hydrogens is 376 g/mol. The van der Waals surface area contributed by atoms with Gasteiger partial charge < -0.3 is 20.4 Å². The van der Waals surface area contributed by atoms with Crippen LogP contribution in [0.1, 0.15) is 64.7 Å². The molecule has 1 unspecified atom stereocenters. The van der Waals surface area contributed by atoms with Crippen molar-refractivity contribution in [1.82, 2.24) is 20.2 Å². The topological polar surface area (TPSA) is 73.4 Å². The van der Waals surface area contributed by atoms with Crippen LogP contribution in [0, 0.1) is 5.92 Å². The molecule has 1 aromatic rings. The fourth-order valence-corrected chi connectivity index (χ4v) is 4.52. The number of anilines is 2. The highest BCUT2D eigenvalue weighted by molar-refractivity contribution is 5.75. The second kappa shape index (κ2) is 12.7. The van der Waals surface area contributed by atoms with Crippen LogP contribution in [0.5, 0.6) is 0 Å². The second-order valence-electron chi connectivity index (χ2n) is 8.79. The van der Waals surface area contributed by atoms with Gasteiger partial charge in [0.05, 0.1) is 0 Å². The maximum atomic E-state index is 12.3. The minimum absolute atomic E-state index is 0.204. The first-order valence-electron chi connectivity index (χ1n) is 12.0. The summed E-state index contributed by atoms with van der Waals surface area (Å²) >= 11 is 0. The molecule has 2 aliphatic heterocycles. The Labute approximate surface area is 182 Å². The average Bonchev–Trinajstić information content (AvgIpc) is 3.06. The molecule has 0 aliphatic carbocycles. The van der Waals surface area contributed by atoms with Crippen molar-refractivity contribution in [1.29, 1.82) is 0 Å². The first-order valence-corrected chi connectivity index (χ1v) is 12.0. The van der Waals surface area contributed by atoms with Gasteiger partial charge in [0.1, 0.15) is 18.0 Å². The molecular formula is C23H40N6O. The number of likely N-dealkylation sites (tertiary alicyclic amines) is 1. The number of hydrogen-bond donors (Lipinski definition) is 2. The molecule has 1 amide bonds. The van der Waals surface area contributed by atoms with Crippen LogP contribution in [-0.4, -0.2) is 66.6 Å². The SMILES string of the molecule is CCCNc1cc(N2CCCC(CCC(=O)NCCN3CCCCCC3)C2)ncn1. The van der Waals surface area contributed by atoms with Gasteiger partial charge in [0, 0.05) is 45.2 Å². The van der Waals surface area contributed by atoms with Crippen LogP contribution >= 0.6 is 0 Å². The van der Waals surface area contributed by atoms with Gasteiger partial charge in [0.15, 0.2) is 0 Å². The van der Waals surface area contributed by atoms with Gasteiger partial charge in [-0.3, -0.25) is 4.79 Å². The molecule has 0 aromatic carbocycles. The third-order valence-electron chi connectivity index (χ3n) is 6.28. The van der Waals surface area contributed by atoms with Crippen molar-refractivity contribution in [3.63, 3.8) is 0 Å². The Hall–Kier alpha value is -1.89. The first-order chi connectivity index (χ1) is 14.7. The predicted octanol–water partition coefficient (Wildman–Crippen LogP) is 3.29. The van der Waals surface area contributed by atoms with Crippen LogP contribution in [0.25, 0.3) is 0 Å². The van der Waals surface area contributed by atoms with Crippen LogP contribution < -0.4 is 15.5 Å². The molecule has 0 spiro atoms. The zero-order valence-electron chi connectivity index (χ0n) is 18.7. The zero-order chi connectivity index (χ0) is 21.0. The number of carbonyl (C=O) groups is 1. The molecule has 2 aliphatic rings. The van der Waals surface area contributed by atoms with Gasteiger partial charge in [-0.2, -0.15) is 0 Å². The van der Waals surface area contributed by atoms with Crippen molar-refractivity contribution in [2.45, 2.75) is 64.7 Å². The maximum Gasteiger partial charge on any atom is 0.220 e. The van der Waals surface area contributed by atoms with E-state index in [1.54, 1.807) is 6.33 Å². The Morgan fingerprint density at radius 2 is 1.93 bits per heavy atom. The molecule has 0 bridgehead atoms. The summed E-state index contributed by atoms with van der Waals surface area (Å²) < 4.78 is 0. The van der Waals surface area contributed by atoms with Crippen LogP contribution in [0.4, 0.5) is 11.6 Å². The Morgan fingerprint density at radius 3 is 2.73 bits per heavy atom. The average molecular weight is 417 g/mol. The predicted molar refractivity (Wildman–Crippen MR) is 123 cm³/mol.